The molecule has 0 unspecified atom stereocenters. The van der Waals surface area contributed by atoms with Crippen molar-refractivity contribution in [2.24, 2.45) is 0 Å². The number of likely N-dealkylation sites (tertiary alicyclic amines) is 1. The van der Waals surface area contributed by atoms with Crippen LogP contribution in [0.4, 0.5) is 10.6 Å². The molecule has 5 nitrogen and oxygen atoms in total. The van der Waals surface area contributed by atoms with Crippen molar-refractivity contribution < 1.29 is 9.53 Å². The van der Waals surface area contributed by atoms with Gasteiger partial charge in [-0.1, -0.05) is 34.8 Å². The van der Waals surface area contributed by atoms with E-state index >= 15 is 0 Å². The van der Waals surface area contributed by atoms with Crippen LogP contribution in [0.25, 0.3) is 0 Å². The highest BCUT2D eigenvalue weighted by Crippen LogP contribution is 2.30. The summed E-state index contributed by atoms with van der Waals surface area (Å²) in [6.07, 6.45) is 1.32. The first-order chi connectivity index (χ1) is 10.0. The smallest absolute Gasteiger partial charge is 0.409 e. The van der Waals surface area contributed by atoms with Crippen LogP contribution >= 0.6 is 34.8 Å². The lowest BCUT2D eigenvalue weighted by molar-refractivity contribution is 0.0983. The van der Waals surface area contributed by atoms with Gasteiger partial charge in [-0.05, 0) is 25.8 Å². The molecule has 1 amide bonds. The minimum absolute atomic E-state index is 0.179. The van der Waals surface area contributed by atoms with Crippen molar-refractivity contribution in [1.29, 1.82) is 0 Å². The number of hydrogen-bond donors (Lipinski definition) is 1. The first kappa shape index (κ1) is 16.5. The van der Waals surface area contributed by atoms with E-state index in [0.29, 0.717) is 35.6 Å². The van der Waals surface area contributed by atoms with Crippen molar-refractivity contribution in [2.75, 3.05) is 25.0 Å². The first-order valence-electron chi connectivity index (χ1n) is 6.71. The number of hydrogen-bond acceptors (Lipinski definition) is 4. The van der Waals surface area contributed by atoms with E-state index in [1.807, 2.05) is 0 Å². The molecule has 1 aliphatic rings. The number of piperidine rings is 1. The number of rotatable bonds is 3. The second-order valence-electron chi connectivity index (χ2n) is 4.70. The molecule has 0 atom stereocenters. The largest absolute Gasteiger partial charge is 0.450 e. The molecular weight excluding hydrogens is 337 g/mol. The van der Waals surface area contributed by atoms with Gasteiger partial charge in [0.1, 0.15) is 11.0 Å². The predicted octanol–water partition coefficient (Wildman–Crippen LogP) is 4.07. The van der Waals surface area contributed by atoms with Gasteiger partial charge in [-0.25, -0.2) is 9.78 Å². The molecule has 1 saturated heterocycles. The van der Waals surface area contributed by atoms with Crippen molar-refractivity contribution in [3.05, 3.63) is 21.3 Å². The summed E-state index contributed by atoms with van der Waals surface area (Å²) in [6, 6.07) is 1.74. The van der Waals surface area contributed by atoms with E-state index in [2.05, 4.69) is 10.3 Å². The summed E-state index contributed by atoms with van der Waals surface area (Å²) in [6.45, 7) is 3.45. The summed E-state index contributed by atoms with van der Waals surface area (Å²) < 4.78 is 4.98. The number of aromatic nitrogens is 1. The summed E-state index contributed by atoms with van der Waals surface area (Å²) in [4.78, 5) is 17.5. The van der Waals surface area contributed by atoms with Crippen LogP contribution < -0.4 is 5.32 Å². The highest BCUT2D eigenvalue weighted by molar-refractivity contribution is 6.42. The number of pyridine rings is 1. The normalized spacial score (nSPS) is 15.9. The maximum atomic E-state index is 11.6. The fraction of sp³-hybridized carbons (Fsp3) is 0.538. The lowest BCUT2D eigenvalue weighted by Gasteiger charge is -2.32. The molecule has 0 spiro atoms. The Morgan fingerprint density at radius 3 is 2.67 bits per heavy atom. The Balaban J connectivity index is 1.92. The Bertz CT molecular complexity index is 520. The standard InChI is InChI=1S/C13H16Cl3N3O2/c1-2-21-13(20)19-5-3-8(4-6-19)17-12-10(15)7-9(14)11(16)18-12/h7-8H,2-6H2,1H3,(H,17,18). The molecule has 0 radical (unpaired) electrons. The van der Waals surface area contributed by atoms with Crippen molar-refractivity contribution >= 4 is 46.7 Å². The van der Waals surface area contributed by atoms with Crippen LogP contribution in [0.1, 0.15) is 19.8 Å². The Morgan fingerprint density at radius 1 is 1.38 bits per heavy atom. The second-order valence-corrected chi connectivity index (χ2v) is 5.87. The van der Waals surface area contributed by atoms with Gasteiger partial charge in [0, 0.05) is 19.1 Å². The maximum absolute atomic E-state index is 11.6. The molecule has 116 valence electrons. The first-order valence-corrected chi connectivity index (χ1v) is 7.84. The second kappa shape index (κ2) is 7.38. The van der Waals surface area contributed by atoms with Crippen LogP contribution in [0.15, 0.2) is 6.07 Å². The zero-order valence-corrected chi connectivity index (χ0v) is 13.8. The average Bonchev–Trinajstić information content (AvgIpc) is 2.46. The fourth-order valence-electron chi connectivity index (χ4n) is 2.16. The monoisotopic (exact) mass is 351 g/mol. The van der Waals surface area contributed by atoms with E-state index in [1.165, 1.54) is 0 Å². The fourth-order valence-corrected chi connectivity index (χ4v) is 2.71. The van der Waals surface area contributed by atoms with Crippen LogP contribution in [0.3, 0.4) is 0 Å². The third kappa shape index (κ3) is 4.28. The maximum Gasteiger partial charge on any atom is 0.409 e. The van der Waals surface area contributed by atoms with Crippen molar-refractivity contribution in [3.63, 3.8) is 0 Å². The summed E-state index contributed by atoms with van der Waals surface area (Å²) in [5, 5.41) is 4.21. The van der Waals surface area contributed by atoms with Gasteiger partial charge in [0.2, 0.25) is 0 Å². The summed E-state index contributed by atoms with van der Waals surface area (Å²) in [5.74, 6) is 0.514. The predicted molar refractivity (Wildman–Crippen MR) is 84.5 cm³/mol. The van der Waals surface area contributed by atoms with E-state index in [-0.39, 0.29) is 17.3 Å². The summed E-state index contributed by atoms with van der Waals surface area (Å²) in [5.41, 5.74) is 0. The van der Waals surface area contributed by atoms with Gasteiger partial charge < -0.3 is 15.0 Å². The Labute approximate surface area is 138 Å². The van der Waals surface area contributed by atoms with E-state index in [0.717, 1.165) is 12.8 Å². The molecule has 0 saturated carbocycles. The number of carbonyl (C=O) groups excluding carboxylic acids is 1. The Hall–Kier alpha value is -0.910. The number of anilines is 1. The SMILES string of the molecule is CCOC(=O)N1CCC(Nc2nc(Cl)c(Cl)cc2Cl)CC1. The van der Waals surface area contributed by atoms with Crippen LogP contribution in [0.5, 0.6) is 0 Å². The van der Waals surface area contributed by atoms with Gasteiger partial charge in [-0.15, -0.1) is 0 Å². The molecule has 0 aliphatic carbocycles. The van der Waals surface area contributed by atoms with E-state index in [1.54, 1.807) is 17.9 Å². The molecule has 1 aromatic heterocycles. The van der Waals surface area contributed by atoms with Crippen molar-refractivity contribution in [3.8, 4) is 0 Å². The molecule has 1 aliphatic heterocycles. The van der Waals surface area contributed by atoms with E-state index in [4.69, 9.17) is 39.5 Å². The summed E-state index contributed by atoms with van der Waals surface area (Å²) in [7, 11) is 0. The van der Waals surface area contributed by atoms with E-state index in [9.17, 15) is 4.79 Å². The van der Waals surface area contributed by atoms with Crippen molar-refractivity contribution in [2.45, 2.75) is 25.8 Å². The van der Waals surface area contributed by atoms with Crippen LogP contribution in [0, 0.1) is 0 Å². The molecule has 1 fully saturated rings. The van der Waals surface area contributed by atoms with E-state index < -0.39 is 0 Å². The topological polar surface area (TPSA) is 54.5 Å². The number of amides is 1. The van der Waals surface area contributed by atoms with Gasteiger partial charge in [0.05, 0.1) is 16.7 Å². The molecule has 21 heavy (non-hydrogen) atoms. The number of halogens is 3. The molecule has 8 heteroatoms. The van der Waals surface area contributed by atoms with Crippen molar-refractivity contribution in [1.82, 2.24) is 9.88 Å². The Kier molecular flexibility index (Phi) is 5.79. The van der Waals surface area contributed by atoms with Gasteiger partial charge >= 0.3 is 6.09 Å². The number of carbonyl (C=O) groups is 1. The van der Waals surface area contributed by atoms with Gasteiger partial charge in [-0.2, -0.15) is 0 Å². The lowest BCUT2D eigenvalue weighted by Crippen LogP contribution is -2.42. The summed E-state index contributed by atoms with van der Waals surface area (Å²) >= 11 is 17.8. The third-order valence-corrected chi connectivity index (χ3v) is 4.21. The molecule has 2 heterocycles. The highest BCUT2D eigenvalue weighted by atomic mass is 35.5. The quantitative estimate of drug-likeness (QED) is 0.833. The molecule has 1 N–H and O–H groups in total. The molecular formula is C13H16Cl3N3O2. The number of ether oxygens (including phenoxy) is 1. The third-order valence-electron chi connectivity index (χ3n) is 3.25. The molecule has 2 rings (SSSR count). The Morgan fingerprint density at radius 2 is 2.05 bits per heavy atom. The minimum atomic E-state index is -0.262. The minimum Gasteiger partial charge on any atom is -0.450 e. The lowest BCUT2D eigenvalue weighted by atomic mass is 10.1. The van der Waals surface area contributed by atoms with Gasteiger partial charge in [0.25, 0.3) is 0 Å². The van der Waals surface area contributed by atoms with Crippen LogP contribution in [-0.2, 0) is 4.74 Å². The number of nitrogens with one attached hydrogen (secondary N) is 1. The average molecular weight is 353 g/mol. The van der Waals surface area contributed by atoms with Gasteiger partial charge in [-0.3, -0.25) is 0 Å². The van der Waals surface area contributed by atoms with Crippen LogP contribution in [-0.4, -0.2) is 41.7 Å². The highest BCUT2D eigenvalue weighted by Gasteiger charge is 2.24. The molecule has 1 aromatic rings. The van der Waals surface area contributed by atoms with Crippen LogP contribution in [0.2, 0.25) is 15.2 Å². The van der Waals surface area contributed by atoms with Gasteiger partial charge in [0.15, 0.2) is 0 Å². The zero-order chi connectivity index (χ0) is 15.4. The zero-order valence-electron chi connectivity index (χ0n) is 11.5. The molecule has 0 aromatic carbocycles. The number of nitrogens with zero attached hydrogens (tertiary/aromatic N) is 2. The molecule has 0 bridgehead atoms.